The van der Waals surface area contributed by atoms with Gasteiger partial charge in [0.05, 0.1) is 12.2 Å². The van der Waals surface area contributed by atoms with Crippen LogP contribution in [0.2, 0.25) is 0 Å². The van der Waals surface area contributed by atoms with E-state index < -0.39 is 17.9 Å². The molecule has 1 heterocycles. The van der Waals surface area contributed by atoms with Crippen molar-refractivity contribution >= 4 is 11.8 Å². The first-order chi connectivity index (χ1) is 9.30. The van der Waals surface area contributed by atoms with Crippen molar-refractivity contribution in [1.82, 2.24) is 10.6 Å². The van der Waals surface area contributed by atoms with E-state index >= 15 is 0 Å². The van der Waals surface area contributed by atoms with E-state index in [-0.39, 0.29) is 18.1 Å². The van der Waals surface area contributed by atoms with Gasteiger partial charge < -0.3 is 20.5 Å². The summed E-state index contributed by atoms with van der Waals surface area (Å²) in [6.07, 6.45) is 1.85. The molecule has 1 aliphatic rings. The van der Waals surface area contributed by atoms with Gasteiger partial charge in [-0.1, -0.05) is 20.8 Å². The number of rotatable bonds is 5. The summed E-state index contributed by atoms with van der Waals surface area (Å²) in [5.74, 6) is -1.31. The monoisotopic (exact) mass is 286 g/mol. The molecule has 1 rings (SSSR count). The minimum absolute atomic E-state index is 0.0227. The molecule has 0 spiro atoms. The molecule has 6 nitrogen and oxygen atoms in total. The highest BCUT2D eigenvalue weighted by atomic mass is 16.5. The fourth-order valence-corrected chi connectivity index (χ4v) is 1.93. The summed E-state index contributed by atoms with van der Waals surface area (Å²) in [5.41, 5.74) is -0.229. The standard InChI is InChI=1S/C14H26N2O4/c1-14(2,3)11(17)6-7-15-12(18)13(19)16-9-10-5-4-8-20-10/h10-11,17H,4-9H2,1-3H3,(H,15,18)(H,16,19)/t10-,11+/m0/s1. The number of aliphatic hydroxyl groups excluding tert-OH is 1. The molecular weight excluding hydrogens is 260 g/mol. The molecule has 0 aromatic carbocycles. The Morgan fingerprint density at radius 1 is 1.30 bits per heavy atom. The van der Waals surface area contributed by atoms with Crippen LogP contribution < -0.4 is 10.6 Å². The Morgan fingerprint density at radius 3 is 2.50 bits per heavy atom. The predicted molar refractivity (Wildman–Crippen MR) is 75.1 cm³/mol. The zero-order valence-corrected chi connectivity index (χ0v) is 12.6. The molecule has 116 valence electrons. The third kappa shape index (κ3) is 5.88. The highest BCUT2D eigenvalue weighted by Gasteiger charge is 2.23. The van der Waals surface area contributed by atoms with Crippen LogP contribution in [0.5, 0.6) is 0 Å². The second kappa shape index (κ2) is 7.59. The summed E-state index contributed by atoms with van der Waals surface area (Å²) in [5, 5.41) is 14.9. The summed E-state index contributed by atoms with van der Waals surface area (Å²) >= 11 is 0. The van der Waals surface area contributed by atoms with Crippen LogP contribution in [0.1, 0.15) is 40.0 Å². The SMILES string of the molecule is CC(C)(C)[C@H](O)CCNC(=O)C(=O)NC[C@@H]1CCCO1. The maximum atomic E-state index is 11.5. The van der Waals surface area contributed by atoms with E-state index in [0.29, 0.717) is 13.0 Å². The van der Waals surface area contributed by atoms with Crippen LogP contribution in [0, 0.1) is 5.41 Å². The lowest BCUT2D eigenvalue weighted by Gasteiger charge is -2.25. The fourth-order valence-electron chi connectivity index (χ4n) is 1.93. The molecule has 0 radical (unpaired) electrons. The summed E-state index contributed by atoms with van der Waals surface area (Å²) < 4.78 is 5.35. The molecule has 0 aromatic rings. The van der Waals surface area contributed by atoms with E-state index in [0.717, 1.165) is 19.4 Å². The minimum Gasteiger partial charge on any atom is -0.393 e. The predicted octanol–water partition coefficient (Wildman–Crippen LogP) is 0.195. The quantitative estimate of drug-likeness (QED) is 0.630. The first-order valence-corrected chi connectivity index (χ1v) is 7.16. The summed E-state index contributed by atoms with van der Waals surface area (Å²) in [6, 6.07) is 0. The molecule has 0 saturated carbocycles. The van der Waals surface area contributed by atoms with Gasteiger partial charge in [-0.15, -0.1) is 0 Å². The molecule has 1 fully saturated rings. The van der Waals surface area contributed by atoms with E-state index in [4.69, 9.17) is 4.74 Å². The molecule has 2 amide bonds. The van der Waals surface area contributed by atoms with Crippen LogP contribution in [0.4, 0.5) is 0 Å². The van der Waals surface area contributed by atoms with E-state index in [2.05, 4.69) is 10.6 Å². The lowest BCUT2D eigenvalue weighted by Crippen LogP contribution is -2.43. The zero-order chi connectivity index (χ0) is 15.2. The van der Waals surface area contributed by atoms with Gasteiger partial charge >= 0.3 is 11.8 Å². The largest absolute Gasteiger partial charge is 0.393 e. The Balaban J connectivity index is 2.16. The van der Waals surface area contributed by atoms with Crippen molar-refractivity contribution in [2.75, 3.05) is 19.7 Å². The second-order valence-corrected chi connectivity index (χ2v) is 6.27. The van der Waals surface area contributed by atoms with E-state index in [9.17, 15) is 14.7 Å². The van der Waals surface area contributed by atoms with Gasteiger partial charge in [-0.25, -0.2) is 0 Å². The van der Waals surface area contributed by atoms with Crippen molar-refractivity contribution < 1.29 is 19.4 Å². The number of aliphatic hydroxyl groups is 1. The Bertz CT molecular complexity index is 333. The number of carbonyl (C=O) groups is 2. The lowest BCUT2D eigenvalue weighted by molar-refractivity contribution is -0.139. The van der Waals surface area contributed by atoms with Crippen LogP contribution in [-0.2, 0) is 14.3 Å². The van der Waals surface area contributed by atoms with Gasteiger partial charge in [-0.05, 0) is 24.7 Å². The number of amides is 2. The lowest BCUT2D eigenvalue weighted by atomic mass is 9.87. The minimum atomic E-state index is -0.663. The Hall–Kier alpha value is -1.14. The van der Waals surface area contributed by atoms with Crippen molar-refractivity contribution in [3.8, 4) is 0 Å². The molecule has 0 aromatic heterocycles. The number of carbonyl (C=O) groups excluding carboxylic acids is 2. The summed E-state index contributed by atoms with van der Waals surface area (Å²) in [4.78, 5) is 23.1. The Kier molecular flexibility index (Phi) is 6.42. The molecule has 20 heavy (non-hydrogen) atoms. The number of nitrogens with one attached hydrogen (secondary N) is 2. The van der Waals surface area contributed by atoms with Gasteiger partial charge in [-0.3, -0.25) is 9.59 Å². The molecule has 0 bridgehead atoms. The number of ether oxygens (including phenoxy) is 1. The number of hydrogen-bond donors (Lipinski definition) is 3. The molecule has 0 unspecified atom stereocenters. The van der Waals surface area contributed by atoms with Crippen LogP contribution >= 0.6 is 0 Å². The summed E-state index contributed by atoms with van der Waals surface area (Å²) in [6.45, 7) is 7.15. The van der Waals surface area contributed by atoms with Crippen molar-refractivity contribution in [2.45, 2.75) is 52.2 Å². The Labute approximate surface area is 120 Å². The molecule has 3 N–H and O–H groups in total. The first kappa shape index (κ1) is 16.9. The highest BCUT2D eigenvalue weighted by molar-refractivity contribution is 6.35. The zero-order valence-electron chi connectivity index (χ0n) is 12.6. The molecule has 6 heteroatoms. The van der Waals surface area contributed by atoms with E-state index in [1.165, 1.54) is 0 Å². The van der Waals surface area contributed by atoms with Gasteiger partial charge in [0.1, 0.15) is 0 Å². The maximum absolute atomic E-state index is 11.5. The molecular formula is C14H26N2O4. The van der Waals surface area contributed by atoms with E-state index in [1.54, 1.807) is 0 Å². The van der Waals surface area contributed by atoms with Crippen LogP contribution in [0.25, 0.3) is 0 Å². The van der Waals surface area contributed by atoms with Gasteiger partial charge in [0, 0.05) is 19.7 Å². The molecule has 2 atom stereocenters. The van der Waals surface area contributed by atoms with Crippen LogP contribution in [-0.4, -0.2) is 48.8 Å². The fraction of sp³-hybridized carbons (Fsp3) is 0.857. The van der Waals surface area contributed by atoms with Crippen molar-refractivity contribution in [1.29, 1.82) is 0 Å². The van der Waals surface area contributed by atoms with Gasteiger partial charge in [-0.2, -0.15) is 0 Å². The van der Waals surface area contributed by atoms with Crippen molar-refractivity contribution in [3.63, 3.8) is 0 Å². The Morgan fingerprint density at radius 2 is 1.95 bits per heavy atom. The normalized spacial score (nSPS) is 20.5. The average molecular weight is 286 g/mol. The third-order valence-electron chi connectivity index (χ3n) is 3.42. The maximum Gasteiger partial charge on any atom is 0.309 e. The molecule has 1 aliphatic heterocycles. The first-order valence-electron chi connectivity index (χ1n) is 7.16. The van der Waals surface area contributed by atoms with Gasteiger partial charge in [0.25, 0.3) is 0 Å². The summed E-state index contributed by atoms with van der Waals surface area (Å²) in [7, 11) is 0. The van der Waals surface area contributed by atoms with E-state index in [1.807, 2.05) is 20.8 Å². The number of hydrogen-bond acceptors (Lipinski definition) is 4. The highest BCUT2D eigenvalue weighted by Crippen LogP contribution is 2.20. The van der Waals surface area contributed by atoms with Crippen LogP contribution in [0.15, 0.2) is 0 Å². The second-order valence-electron chi connectivity index (χ2n) is 6.27. The van der Waals surface area contributed by atoms with Gasteiger partial charge in [0.15, 0.2) is 0 Å². The van der Waals surface area contributed by atoms with Crippen molar-refractivity contribution in [2.24, 2.45) is 5.41 Å². The van der Waals surface area contributed by atoms with Crippen molar-refractivity contribution in [3.05, 3.63) is 0 Å². The third-order valence-corrected chi connectivity index (χ3v) is 3.42. The smallest absolute Gasteiger partial charge is 0.309 e. The molecule has 0 aliphatic carbocycles. The van der Waals surface area contributed by atoms with Gasteiger partial charge in [0.2, 0.25) is 0 Å². The topological polar surface area (TPSA) is 87.7 Å². The average Bonchev–Trinajstić information content (AvgIpc) is 2.87. The van der Waals surface area contributed by atoms with Crippen LogP contribution in [0.3, 0.4) is 0 Å². The molecule has 1 saturated heterocycles.